The van der Waals surface area contributed by atoms with E-state index in [2.05, 4.69) is 20.9 Å². The molecule has 1 aromatic carbocycles. The molecule has 0 saturated heterocycles. The summed E-state index contributed by atoms with van der Waals surface area (Å²) in [5, 5.41) is 28.2. The van der Waals surface area contributed by atoms with Crippen molar-refractivity contribution in [3.8, 4) is 0 Å². The van der Waals surface area contributed by atoms with Crippen LogP contribution in [-0.4, -0.2) is 60.5 Å². The van der Waals surface area contributed by atoms with Gasteiger partial charge in [0.15, 0.2) is 5.96 Å². The van der Waals surface area contributed by atoms with Crippen molar-refractivity contribution in [2.24, 2.45) is 16.6 Å². The largest absolute Gasteiger partial charge is 0.475 e. The average molecular weight is 473 g/mol. The number of nitrogens with two attached hydrogens (primary N) is 1. The highest BCUT2D eigenvalue weighted by molar-refractivity contribution is 6.43. The van der Waals surface area contributed by atoms with Crippen LogP contribution in [0.3, 0.4) is 0 Å². The Labute approximate surface area is 203 Å². The highest BCUT2D eigenvalue weighted by atomic mass is 16.4. The predicted molar refractivity (Wildman–Crippen MR) is 135 cm³/mol. The first-order valence-corrected chi connectivity index (χ1v) is 12.2. The topological polar surface area (TPSA) is 149 Å². The Hall–Kier alpha value is -2.59. The number of nitrogens with one attached hydrogen (secondary N) is 3. The van der Waals surface area contributed by atoms with Crippen molar-refractivity contribution >= 4 is 24.9 Å². The van der Waals surface area contributed by atoms with E-state index in [4.69, 9.17) is 5.73 Å². The number of rotatable bonds is 12. The lowest BCUT2D eigenvalue weighted by atomic mass is 9.75. The van der Waals surface area contributed by atoms with Gasteiger partial charge in [0.1, 0.15) is 6.04 Å². The molecule has 34 heavy (non-hydrogen) atoms. The summed E-state index contributed by atoms with van der Waals surface area (Å²) < 4.78 is 0. The van der Waals surface area contributed by atoms with Gasteiger partial charge in [-0.15, -0.1) is 0 Å². The number of benzene rings is 1. The minimum absolute atomic E-state index is 0.153. The molecule has 0 spiro atoms. The summed E-state index contributed by atoms with van der Waals surface area (Å²) >= 11 is 0. The second-order valence-electron chi connectivity index (χ2n) is 9.52. The number of carbonyl (C=O) groups is 2. The van der Waals surface area contributed by atoms with E-state index in [1.54, 1.807) is 7.05 Å². The molecule has 1 aliphatic rings. The Morgan fingerprint density at radius 2 is 1.79 bits per heavy atom. The molecule has 1 aliphatic carbocycles. The van der Waals surface area contributed by atoms with Crippen LogP contribution >= 0.6 is 0 Å². The van der Waals surface area contributed by atoms with E-state index >= 15 is 0 Å². The summed E-state index contributed by atoms with van der Waals surface area (Å²) in [6, 6.07) is 8.90. The fourth-order valence-electron chi connectivity index (χ4n) is 4.60. The minimum Gasteiger partial charge on any atom is -0.426 e. The van der Waals surface area contributed by atoms with Crippen molar-refractivity contribution in [1.29, 1.82) is 0 Å². The minimum atomic E-state index is -1.68. The van der Waals surface area contributed by atoms with E-state index in [9.17, 15) is 19.6 Å². The quantitative estimate of drug-likeness (QED) is 0.115. The third kappa shape index (κ3) is 7.73. The van der Waals surface area contributed by atoms with Gasteiger partial charge in [-0.3, -0.25) is 14.6 Å². The fraction of sp³-hybridized carbons (Fsp3) is 0.625. The SMILES string of the molecule is CN=C(N)NCCC[C@H](NC(=O)C1(c2ccccc2)CCCC1)C(=O)N[C@@H](CC(C)C)B(O)O. The Kier molecular flexibility index (Phi) is 10.9. The Bertz CT molecular complexity index is 813. The van der Waals surface area contributed by atoms with Crippen LogP contribution in [0.15, 0.2) is 35.3 Å². The molecule has 2 rings (SSSR count). The highest BCUT2D eigenvalue weighted by Gasteiger charge is 2.44. The summed E-state index contributed by atoms with van der Waals surface area (Å²) in [7, 11) is -0.103. The normalized spacial score (nSPS) is 17.2. The molecule has 1 aromatic rings. The van der Waals surface area contributed by atoms with Crippen molar-refractivity contribution in [3.63, 3.8) is 0 Å². The molecule has 1 saturated carbocycles. The third-order valence-electron chi connectivity index (χ3n) is 6.47. The van der Waals surface area contributed by atoms with Crippen LogP contribution in [0.2, 0.25) is 0 Å². The van der Waals surface area contributed by atoms with Gasteiger partial charge < -0.3 is 31.7 Å². The number of hydrogen-bond acceptors (Lipinski definition) is 5. The number of hydrogen-bond donors (Lipinski definition) is 6. The molecule has 0 unspecified atom stereocenters. The van der Waals surface area contributed by atoms with Gasteiger partial charge in [-0.05, 0) is 43.6 Å². The van der Waals surface area contributed by atoms with E-state index in [1.807, 2.05) is 44.2 Å². The Morgan fingerprint density at radius 3 is 2.35 bits per heavy atom. The molecule has 188 valence electrons. The van der Waals surface area contributed by atoms with Crippen LogP contribution in [0, 0.1) is 5.92 Å². The maximum atomic E-state index is 13.6. The molecule has 0 radical (unpaired) electrons. The summed E-state index contributed by atoms with van der Waals surface area (Å²) in [6.45, 7) is 4.37. The number of nitrogens with zero attached hydrogens (tertiary/aromatic N) is 1. The molecule has 2 amide bonds. The van der Waals surface area contributed by atoms with Crippen molar-refractivity contribution < 1.29 is 19.6 Å². The lowest BCUT2D eigenvalue weighted by Gasteiger charge is -2.31. The first-order valence-electron chi connectivity index (χ1n) is 12.2. The van der Waals surface area contributed by atoms with Crippen molar-refractivity contribution in [2.75, 3.05) is 13.6 Å². The van der Waals surface area contributed by atoms with Gasteiger partial charge in [0.25, 0.3) is 0 Å². The Morgan fingerprint density at radius 1 is 1.15 bits per heavy atom. The average Bonchev–Trinajstić information content (AvgIpc) is 3.31. The monoisotopic (exact) mass is 473 g/mol. The van der Waals surface area contributed by atoms with Gasteiger partial charge >= 0.3 is 7.12 Å². The standard InChI is InChI=1S/C24H40BN5O4/c1-17(2)16-20(25(33)34)30-21(31)19(12-9-15-28-23(26)27-3)29-22(32)24(13-7-8-14-24)18-10-5-4-6-11-18/h4-6,10-11,17,19-20,33-34H,7-9,12-16H2,1-3H3,(H,29,32)(H,30,31)(H3,26,27,28)/t19-,20-/m0/s1. The summed E-state index contributed by atoms with van der Waals surface area (Å²) in [6.07, 6.45) is 4.69. The van der Waals surface area contributed by atoms with Crippen LogP contribution in [0.4, 0.5) is 0 Å². The van der Waals surface area contributed by atoms with Crippen LogP contribution in [0.25, 0.3) is 0 Å². The molecule has 0 bridgehead atoms. The van der Waals surface area contributed by atoms with E-state index < -0.39 is 30.4 Å². The van der Waals surface area contributed by atoms with Gasteiger partial charge in [0, 0.05) is 13.6 Å². The molecular weight excluding hydrogens is 433 g/mol. The van der Waals surface area contributed by atoms with E-state index in [1.165, 1.54) is 0 Å². The predicted octanol–water partition coefficient (Wildman–Crippen LogP) is 0.840. The third-order valence-corrected chi connectivity index (χ3v) is 6.47. The smallest absolute Gasteiger partial charge is 0.426 e. The maximum Gasteiger partial charge on any atom is 0.475 e. The van der Waals surface area contributed by atoms with Gasteiger partial charge in [-0.2, -0.15) is 0 Å². The second-order valence-corrected chi connectivity index (χ2v) is 9.52. The van der Waals surface area contributed by atoms with Gasteiger partial charge in [0.2, 0.25) is 11.8 Å². The summed E-state index contributed by atoms with van der Waals surface area (Å²) in [5.74, 6) is -0.947. The molecule has 1 fully saturated rings. The van der Waals surface area contributed by atoms with Gasteiger partial charge in [-0.25, -0.2) is 0 Å². The molecule has 0 heterocycles. The molecule has 7 N–H and O–H groups in total. The lowest BCUT2D eigenvalue weighted by Crippen LogP contribution is -2.56. The van der Waals surface area contributed by atoms with E-state index in [0.29, 0.717) is 31.8 Å². The second kappa shape index (κ2) is 13.3. The zero-order chi connectivity index (χ0) is 25.1. The highest BCUT2D eigenvalue weighted by Crippen LogP contribution is 2.41. The van der Waals surface area contributed by atoms with E-state index in [0.717, 1.165) is 31.2 Å². The number of aliphatic imine (C=N–C) groups is 1. The number of guanidine groups is 1. The van der Waals surface area contributed by atoms with Crippen LogP contribution in [0.1, 0.15) is 64.4 Å². The molecule has 0 aromatic heterocycles. The summed E-state index contributed by atoms with van der Waals surface area (Å²) in [5.41, 5.74) is 5.97. The van der Waals surface area contributed by atoms with Crippen molar-refractivity contribution in [3.05, 3.63) is 35.9 Å². The van der Waals surface area contributed by atoms with Gasteiger partial charge in [-0.1, -0.05) is 57.0 Å². The van der Waals surface area contributed by atoms with Crippen LogP contribution < -0.4 is 21.7 Å². The fourth-order valence-corrected chi connectivity index (χ4v) is 4.60. The maximum absolute atomic E-state index is 13.6. The molecule has 10 heteroatoms. The zero-order valence-corrected chi connectivity index (χ0v) is 20.6. The first kappa shape index (κ1) is 27.7. The molecule has 2 atom stereocenters. The number of amides is 2. The van der Waals surface area contributed by atoms with Crippen LogP contribution in [0.5, 0.6) is 0 Å². The van der Waals surface area contributed by atoms with Crippen LogP contribution in [-0.2, 0) is 15.0 Å². The molecule has 0 aliphatic heterocycles. The van der Waals surface area contributed by atoms with Crippen molar-refractivity contribution in [1.82, 2.24) is 16.0 Å². The summed E-state index contributed by atoms with van der Waals surface area (Å²) in [4.78, 5) is 30.7. The van der Waals surface area contributed by atoms with Crippen molar-refractivity contribution in [2.45, 2.75) is 76.2 Å². The lowest BCUT2D eigenvalue weighted by molar-refractivity contribution is -0.132. The Balaban J connectivity index is 2.18. The van der Waals surface area contributed by atoms with Gasteiger partial charge in [0.05, 0.1) is 11.4 Å². The molecule has 9 nitrogen and oxygen atoms in total. The molecular formula is C24H40BN5O4. The zero-order valence-electron chi connectivity index (χ0n) is 20.6. The first-order chi connectivity index (χ1) is 16.2. The van der Waals surface area contributed by atoms with E-state index in [-0.39, 0.29) is 11.8 Å². The number of carbonyl (C=O) groups excluding carboxylic acids is 2.